The Labute approximate surface area is 83.5 Å². The normalized spacial score (nSPS) is 11.9. The fraction of sp³-hybridized carbons (Fsp3) is 0.300. The van der Waals surface area contributed by atoms with E-state index in [-0.39, 0.29) is 12.1 Å². The van der Waals surface area contributed by atoms with E-state index in [4.69, 9.17) is 5.73 Å². The van der Waals surface area contributed by atoms with Crippen LogP contribution in [0, 0.1) is 0 Å². The number of hydrogen-bond acceptors (Lipinski definition) is 2. The van der Waals surface area contributed by atoms with Crippen molar-refractivity contribution in [2.45, 2.75) is 13.0 Å². The number of benzene rings is 1. The lowest BCUT2D eigenvalue weighted by molar-refractivity contribution is 0.254. The first kappa shape index (κ1) is 10.5. The molecule has 14 heavy (non-hydrogen) atoms. The van der Waals surface area contributed by atoms with Gasteiger partial charge in [-0.15, -0.1) is 0 Å². The molecule has 4 nitrogen and oxygen atoms in total. The molecule has 1 unspecified atom stereocenters. The van der Waals surface area contributed by atoms with Crippen molar-refractivity contribution in [1.82, 2.24) is 5.32 Å². The third-order valence-corrected chi connectivity index (χ3v) is 1.92. The van der Waals surface area contributed by atoms with Crippen LogP contribution in [0.4, 0.5) is 10.5 Å². The first-order valence-corrected chi connectivity index (χ1v) is 4.47. The third-order valence-electron chi connectivity index (χ3n) is 1.92. The molecule has 0 saturated heterocycles. The molecule has 0 radical (unpaired) electrons. The monoisotopic (exact) mass is 193 g/mol. The maximum atomic E-state index is 11.0. The summed E-state index contributed by atoms with van der Waals surface area (Å²) in [6.45, 7) is 1.92. The van der Waals surface area contributed by atoms with E-state index < -0.39 is 0 Å². The number of urea groups is 1. The van der Waals surface area contributed by atoms with E-state index in [9.17, 15) is 4.79 Å². The quantitative estimate of drug-likeness (QED) is 0.665. The van der Waals surface area contributed by atoms with Crippen LogP contribution in [0.5, 0.6) is 0 Å². The van der Waals surface area contributed by atoms with Crippen LogP contribution in [0.3, 0.4) is 0 Å². The molecule has 0 aliphatic carbocycles. The zero-order valence-corrected chi connectivity index (χ0v) is 8.37. The summed E-state index contributed by atoms with van der Waals surface area (Å²) in [6, 6.07) is 7.25. The molecular weight excluding hydrogens is 178 g/mol. The molecule has 76 valence electrons. The van der Waals surface area contributed by atoms with Crippen molar-refractivity contribution in [3.63, 3.8) is 0 Å². The number of amides is 2. The second kappa shape index (κ2) is 4.62. The van der Waals surface area contributed by atoms with E-state index in [1.54, 1.807) is 7.05 Å². The summed E-state index contributed by atoms with van der Waals surface area (Å²) >= 11 is 0. The largest absolute Gasteiger partial charge is 0.341 e. The molecule has 0 spiro atoms. The van der Waals surface area contributed by atoms with Gasteiger partial charge in [-0.1, -0.05) is 12.1 Å². The Kier molecular flexibility index (Phi) is 3.48. The maximum absolute atomic E-state index is 11.0. The van der Waals surface area contributed by atoms with Gasteiger partial charge in [-0.05, 0) is 24.6 Å². The predicted octanol–water partition coefficient (Wildman–Crippen LogP) is 1.46. The van der Waals surface area contributed by atoms with Crippen molar-refractivity contribution in [1.29, 1.82) is 0 Å². The van der Waals surface area contributed by atoms with Crippen LogP contribution < -0.4 is 16.4 Å². The summed E-state index contributed by atoms with van der Waals surface area (Å²) in [7, 11) is 1.58. The highest BCUT2D eigenvalue weighted by atomic mass is 16.2. The topological polar surface area (TPSA) is 67.2 Å². The van der Waals surface area contributed by atoms with Crippen LogP contribution in [-0.4, -0.2) is 13.1 Å². The van der Waals surface area contributed by atoms with Gasteiger partial charge in [-0.25, -0.2) is 4.79 Å². The Morgan fingerprint density at radius 1 is 1.36 bits per heavy atom. The Hall–Kier alpha value is -1.55. The van der Waals surface area contributed by atoms with Crippen molar-refractivity contribution in [2.75, 3.05) is 12.4 Å². The van der Waals surface area contributed by atoms with Crippen LogP contribution in [-0.2, 0) is 0 Å². The summed E-state index contributed by atoms with van der Waals surface area (Å²) in [4.78, 5) is 11.0. The van der Waals surface area contributed by atoms with Gasteiger partial charge in [0.05, 0.1) is 0 Å². The summed E-state index contributed by atoms with van der Waals surface area (Å²) in [6.07, 6.45) is 0. The minimum Gasteiger partial charge on any atom is -0.341 e. The molecular formula is C10H15N3O. The lowest BCUT2D eigenvalue weighted by Gasteiger charge is -2.07. The molecule has 0 aliphatic heterocycles. The first-order valence-electron chi connectivity index (χ1n) is 4.47. The average molecular weight is 193 g/mol. The molecule has 0 saturated carbocycles. The molecule has 1 aromatic carbocycles. The average Bonchev–Trinajstić information content (AvgIpc) is 2.18. The summed E-state index contributed by atoms with van der Waals surface area (Å²) in [5.74, 6) is 0. The molecule has 4 N–H and O–H groups in total. The standard InChI is InChI=1S/C10H15N3O/c1-7(11)8-3-5-9(6-4-8)13-10(14)12-2/h3-7H,11H2,1-2H3,(H2,12,13,14). The fourth-order valence-electron chi connectivity index (χ4n) is 1.06. The number of rotatable bonds is 2. The van der Waals surface area contributed by atoms with Crippen molar-refractivity contribution >= 4 is 11.7 Å². The highest BCUT2D eigenvalue weighted by Crippen LogP contribution is 2.13. The Morgan fingerprint density at radius 3 is 2.36 bits per heavy atom. The Morgan fingerprint density at radius 2 is 1.93 bits per heavy atom. The van der Waals surface area contributed by atoms with E-state index in [0.717, 1.165) is 11.3 Å². The van der Waals surface area contributed by atoms with E-state index in [1.165, 1.54) is 0 Å². The van der Waals surface area contributed by atoms with Crippen LogP contribution in [0.1, 0.15) is 18.5 Å². The van der Waals surface area contributed by atoms with E-state index in [2.05, 4.69) is 10.6 Å². The number of nitrogens with two attached hydrogens (primary N) is 1. The van der Waals surface area contributed by atoms with Gasteiger partial charge in [0.15, 0.2) is 0 Å². The van der Waals surface area contributed by atoms with E-state index in [0.29, 0.717) is 0 Å². The van der Waals surface area contributed by atoms with Crippen LogP contribution in [0.2, 0.25) is 0 Å². The summed E-state index contributed by atoms with van der Waals surface area (Å²) in [5, 5.41) is 5.14. The smallest absolute Gasteiger partial charge is 0.318 e. The fourth-order valence-corrected chi connectivity index (χ4v) is 1.06. The second-order valence-corrected chi connectivity index (χ2v) is 3.11. The molecule has 1 atom stereocenters. The SMILES string of the molecule is CNC(=O)Nc1ccc(C(C)N)cc1. The van der Waals surface area contributed by atoms with Crippen LogP contribution in [0.25, 0.3) is 0 Å². The first-order chi connectivity index (χ1) is 6.63. The zero-order valence-electron chi connectivity index (χ0n) is 8.37. The Balaban J connectivity index is 2.69. The number of hydrogen-bond donors (Lipinski definition) is 3. The zero-order chi connectivity index (χ0) is 10.6. The van der Waals surface area contributed by atoms with Gasteiger partial charge in [0.2, 0.25) is 0 Å². The molecule has 0 aliphatic rings. The van der Waals surface area contributed by atoms with Crippen LogP contribution >= 0.6 is 0 Å². The van der Waals surface area contributed by atoms with Gasteiger partial charge in [-0.2, -0.15) is 0 Å². The predicted molar refractivity (Wildman–Crippen MR) is 57.1 cm³/mol. The molecule has 0 fully saturated rings. The molecule has 1 rings (SSSR count). The third kappa shape index (κ3) is 2.74. The van der Waals surface area contributed by atoms with Crippen molar-refractivity contribution in [2.24, 2.45) is 5.73 Å². The highest BCUT2D eigenvalue weighted by Gasteiger charge is 2.00. The second-order valence-electron chi connectivity index (χ2n) is 3.11. The lowest BCUT2D eigenvalue weighted by atomic mass is 10.1. The maximum Gasteiger partial charge on any atom is 0.318 e. The van der Waals surface area contributed by atoms with Gasteiger partial charge in [0.25, 0.3) is 0 Å². The minimum absolute atomic E-state index is 0.0176. The molecule has 2 amide bonds. The van der Waals surface area contributed by atoms with Crippen molar-refractivity contribution in [3.05, 3.63) is 29.8 Å². The molecule has 1 aromatic rings. The van der Waals surface area contributed by atoms with Crippen molar-refractivity contribution < 1.29 is 4.79 Å². The van der Waals surface area contributed by atoms with Gasteiger partial charge >= 0.3 is 6.03 Å². The summed E-state index contributed by atoms with van der Waals surface area (Å²) < 4.78 is 0. The highest BCUT2D eigenvalue weighted by molar-refractivity contribution is 5.88. The number of carbonyl (C=O) groups excluding carboxylic acids is 1. The molecule has 0 bridgehead atoms. The number of nitrogens with one attached hydrogen (secondary N) is 2. The minimum atomic E-state index is -0.224. The van der Waals surface area contributed by atoms with Gasteiger partial charge in [0, 0.05) is 18.8 Å². The number of anilines is 1. The Bertz CT molecular complexity index is 306. The van der Waals surface area contributed by atoms with E-state index in [1.807, 2.05) is 31.2 Å². The van der Waals surface area contributed by atoms with Crippen LogP contribution in [0.15, 0.2) is 24.3 Å². The van der Waals surface area contributed by atoms with E-state index >= 15 is 0 Å². The number of carbonyl (C=O) groups is 1. The summed E-state index contributed by atoms with van der Waals surface area (Å²) in [5.41, 5.74) is 7.50. The molecule has 4 heteroatoms. The van der Waals surface area contributed by atoms with Gasteiger partial charge < -0.3 is 16.4 Å². The molecule has 0 heterocycles. The van der Waals surface area contributed by atoms with Gasteiger partial charge in [0.1, 0.15) is 0 Å². The van der Waals surface area contributed by atoms with Gasteiger partial charge in [-0.3, -0.25) is 0 Å². The lowest BCUT2D eigenvalue weighted by Crippen LogP contribution is -2.24. The molecule has 0 aromatic heterocycles. The van der Waals surface area contributed by atoms with Crippen molar-refractivity contribution in [3.8, 4) is 0 Å².